The highest BCUT2D eigenvalue weighted by molar-refractivity contribution is 6.15. The van der Waals surface area contributed by atoms with Gasteiger partial charge < -0.3 is 19.2 Å². The van der Waals surface area contributed by atoms with Crippen LogP contribution in [0.4, 0.5) is 5.69 Å². The molecule has 1 aromatic heterocycles. The first kappa shape index (κ1) is 18.9. The molecule has 1 amide bonds. The smallest absolute Gasteiger partial charge is 0.290 e. The molecule has 1 aromatic carbocycles. The fourth-order valence-electron chi connectivity index (χ4n) is 3.83. The number of carbonyl (C=O) groups is 2. The maximum absolute atomic E-state index is 13.0. The van der Waals surface area contributed by atoms with Gasteiger partial charge in [0.25, 0.3) is 11.6 Å². The van der Waals surface area contributed by atoms with Crippen molar-refractivity contribution in [3.63, 3.8) is 0 Å². The fourth-order valence-corrected chi connectivity index (χ4v) is 3.83. The summed E-state index contributed by atoms with van der Waals surface area (Å²) in [6.45, 7) is 0.662. The van der Waals surface area contributed by atoms with Gasteiger partial charge in [-0.15, -0.1) is 0 Å². The van der Waals surface area contributed by atoms with Gasteiger partial charge >= 0.3 is 0 Å². The summed E-state index contributed by atoms with van der Waals surface area (Å²) in [5.41, 5.74) is -0.345. The van der Waals surface area contributed by atoms with Crippen LogP contribution < -0.4 is 0 Å². The van der Waals surface area contributed by atoms with E-state index >= 15 is 0 Å². The predicted molar refractivity (Wildman–Crippen MR) is 99.2 cm³/mol. The van der Waals surface area contributed by atoms with Crippen molar-refractivity contribution in [3.8, 4) is 0 Å². The lowest BCUT2D eigenvalue weighted by atomic mass is 9.93. The van der Waals surface area contributed by atoms with Crippen molar-refractivity contribution in [2.75, 3.05) is 13.2 Å². The van der Waals surface area contributed by atoms with E-state index in [-0.39, 0.29) is 35.2 Å². The zero-order valence-corrected chi connectivity index (χ0v) is 15.3. The van der Waals surface area contributed by atoms with Gasteiger partial charge in [-0.05, 0) is 31.0 Å². The quantitative estimate of drug-likeness (QED) is 0.451. The summed E-state index contributed by atoms with van der Waals surface area (Å²) in [6, 6.07) is 7.66. The highest BCUT2D eigenvalue weighted by Crippen LogP contribution is 2.42. The number of nitrogens with zero attached hydrogens (tertiary/aromatic N) is 2. The Balaban J connectivity index is 1.83. The summed E-state index contributed by atoms with van der Waals surface area (Å²) >= 11 is 0. The summed E-state index contributed by atoms with van der Waals surface area (Å²) in [6.07, 6.45) is 2.58. The van der Waals surface area contributed by atoms with Gasteiger partial charge in [0.15, 0.2) is 11.5 Å². The van der Waals surface area contributed by atoms with Crippen LogP contribution in [-0.4, -0.2) is 45.9 Å². The first-order valence-corrected chi connectivity index (χ1v) is 9.16. The SMILES string of the molecule is O=C(C1=C(O)C(=O)N(C[C@H]2CCCO2)[C@@H]1c1ccccc1[N+](=O)[O-])c1ccco1. The maximum Gasteiger partial charge on any atom is 0.290 e. The summed E-state index contributed by atoms with van der Waals surface area (Å²) in [5.74, 6) is -2.26. The second-order valence-corrected chi connectivity index (χ2v) is 6.88. The summed E-state index contributed by atoms with van der Waals surface area (Å²) in [5, 5.41) is 22.1. The molecule has 29 heavy (non-hydrogen) atoms. The van der Waals surface area contributed by atoms with Gasteiger partial charge in [0.1, 0.15) is 0 Å². The molecule has 1 N–H and O–H groups in total. The van der Waals surface area contributed by atoms with Crippen LogP contribution in [0, 0.1) is 10.1 Å². The van der Waals surface area contributed by atoms with Crippen LogP contribution in [0.3, 0.4) is 0 Å². The number of benzene rings is 1. The van der Waals surface area contributed by atoms with Gasteiger partial charge in [0, 0.05) is 19.2 Å². The number of ether oxygens (including phenoxy) is 1. The normalized spacial score (nSPS) is 21.8. The van der Waals surface area contributed by atoms with Gasteiger partial charge in [0.2, 0.25) is 5.78 Å². The monoisotopic (exact) mass is 398 g/mol. The van der Waals surface area contributed by atoms with Crippen molar-refractivity contribution < 1.29 is 28.8 Å². The van der Waals surface area contributed by atoms with Gasteiger partial charge in [-0.25, -0.2) is 0 Å². The number of hydrogen-bond donors (Lipinski definition) is 1. The van der Waals surface area contributed by atoms with E-state index in [0.717, 1.165) is 12.8 Å². The third-order valence-corrected chi connectivity index (χ3v) is 5.15. The van der Waals surface area contributed by atoms with E-state index < -0.39 is 28.4 Å². The van der Waals surface area contributed by atoms with E-state index in [2.05, 4.69) is 0 Å². The Kier molecular flexibility index (Phi) is 4.89. The molecule has 0 aliphatic carbocycles. The van der Waals surface area contributed by atoms with Crippen molar-refractivity contribution in [1.82, 2.24) is 4.90 Å². The zero-order chi connectivity index (χ0) is 20.5. The molecule has 2 atom stereocenters. The van der Waals surface area contributed by atoms with E-state index in [1.165, 1.54) is 41.5 Å². The average molecular weight is 398 g/mol. The molecule has 0 bridgehead atoms. The highest BCUT2D eigenvalue weighted by Gasteiger charge is 2.47. The predicted octanol–water partition coefficient (Wildman–Crippen LogP) is 2.95. The van der Waals surface area contributed by atoms with Crippen molar-refractivity contribution in [2.45, 2.75) is 25.0 Å². The minimum atomic E-state index is -1.12. The molecule has 0 unspecified atom stereocenters. The Hall–Kier alpha value is -3.46. The molecule has 150 valence electrons. The molecule has 4 rings (SSSR count). The van der Waals surface area contributed by atoms with E-state index in [4.69, 9.17) is 9.15 Å². The van der Waals surface area contributed by atoms with Crippen LogP contribution in [-0.2, 0) is 9.53 Å². The lowest BCUT2D eigenvalue weighted by Gasteiger charge is -2.28. The molecule has 9 heteroatoms. The number of aliphatic hydroxyl groups is 1. The number of aliphatic hydroxyl groups excluding tert-OH is 1. The van der Waals surface area contributed by atoms with E-state index in [1.807, 2.05) is 0 Å². The lowest BCUT2D eigenvalue weighted by molar-refractivity contribution is -0.385. The number of ketones is 1. The fraction of sp³-hybridized carbons (Fsp3) is 0.300. The molecule has 0 radical (unpaired) electrons. The third kappa shape index (κ3) is 3.29. The van der Waals surface area contributed by atoms with E-state index in [1.54, 1.807) is 6.07 Å². The van der Waals surface area contributed by atoms with Crippen molar-refractivity contribution >= 4 is 17.4 Å². The number of hydrogen-bond acceptors (Lipinski definition) is 7. The molecule has 2 aromatic rings. The molecule has 1 fully saturated rings. The van der Waals surface area contributed by atoms with Gasteiger partial charge in [-0.1, -0.05) is 12.1 Å². The minimum Gasteiger partial charge on any atom is -0.503 e. The Morgan fingerprint density at radius 2 is 2.07 bits per heavy atom. The molecule has 9 nitrogen and oxygen atoms in total. The molecule has 1 saturated heterocycles. The van der Waals surface area contributed by atoms with Crippen LogP contribution in [0.5, 0.6) is 0 Å². The molecular formula is C20H18N2O7. The van der Waals surface area contributed by atoms with E-state index in [9.17, 15) is 24.8 Å². The van der Waals surface area contributed by atoms with Gasteiger partial charge in [-0.3, -0.25) is 19.7 Å². The third-order valence-electron chi connectivity index (χ3n) is 5.15. The van der Waals surface area contributed by atoms with E-state index in [0.29, 0.717) is 6.61 Å². The Bertz CT molecular complexity index is 990. The summed E-state index contributed by atoms with van der Waals surface area (Å²) in [4.78, 5) is 38.2. The highest BCUT2D eigenvalue weighted by atomic mass is 16.6. The van der Waals surface area contributed by atoms with Crippen LogP contribution in [0.15, 0.2) is 58.4 Å². The second-order valence-electron chi connectivity index (χ2n) is 6.88. The number of nitro groups is 1. The van der Waals surface area contributed by atoms with Crippen LogP contribution >= 0.6 is 0 Å². The molecule has 2 aliphatic rings. The van der Waals surface area contributed by atoms with Crippen LogP contribution in [0.1, 0.15) is 35.0 Å². The number of nitro benzene ring substituents is 1. The Morgan fingerprint density at radius 3 is 2.72 bits per heavy atom. The lowest BCUT2D eigenvalue weighted by Crippen LogP contribution is -2.37. The number of para-hydroxylation sites is 1. The zero-order valence-electron chi connectivity index (χ0n) is 15.3. The van der Waals surface area contributed by atoms with Gasteiger partial charge in [-0.2, -0.15) is 0 Å². The average Bonchev–Trinajstić information content (AvgIpc) is 3.46. The molecule has 0 spiro atoms. The number of furan rings is 1. The number of amides is 1. The summed E-state index contributed by atoms with van der Waals surface area (Å²) in [7, 11) is 0. The number of Topliss-reactive ketones (excluding diaryl/α,β-unsaturated/α-hetero) is 1. The molecule has 3 heterocycles. The van der Waals surface area contributed by atoms with Crippen molar-refractivity contribution in [1.29, 1.82) is 0 Å². The standard InChI is InChI=1S/C20H18N2O7/c23-18(15-8-4-10-29-15)16-17(13-6-1-2-7-14(13)22(26)27)21(20(25)19(16)24)11-12-5-3-9-28-12/h1-2,4,6-8,10,12,17,24H,3,5,9,11H2/t12-,17-/m1/s1. The molecule has 2 aliphatic heterocycles. The first-order chi connectivity index (χ1) is 14.0. The minimum absolute atomic E-state index is 0.0677. The largest absolute Gasteiger partial charge is 0.503 e. The maximum atomic E-state index is 13.0. The molecule has 0 saturated carbocycles. The number of carbonyl (C=O) groups excluding carboxylic acids is 2. The van der Waals surface area contributed by atoms with Crippen LogP contribution in [0.25, 0.3) is 0 Å². The summed E-state index contributed by atoms with van der Waals surface area (Å²) < 4.78 is 10.7. The number of rotatable bonds is 6. The van der Waals surface area contributed by atoms with Gasteiger partial charge in [0.05, 0.1) is 34.5 Å². The first-order valence-electron chi connectivity index (χ1n) is 9.16. The van der Waals surface area contributed by atoms with Crippen molar-refractivity contribution in [3.05, 3.63) is 75.4 Å². The second kappa shape index (κ2) is 7.51. The van der Waals surface area contributed by atoms with Crippen molar-refractivity contribution in [2.24, 2.45) is 0 Å². The Morgan fingerprint density at radius 1 is 1.28 bits per heavy atom. The Labute approximate surface area is 165 Å². The molecular weight excluding hydrogens is 380 g/mol. The topological polar surface area (TPSA) is 123 Å². The van der Waals surface area contributed by atoms with Crippen LogP contribution in [0.2, 0.25) is 0 Å².